The van der Waals surface area contributed by atoms with Crippen molar-refractivity contribution in [3.63, 3.8) is 0 Å². The summed E-state index contributed by atoms with van der Waals surface area (Å²) < 4.78 is 32.2. The number of carbonyl (C=O) groups excluding carboxylic acids is 2. The number of hydrogen-bond acceptors (Lipinski definition) is 6. The number of nitrogens with zero attached hydrogens (tertiary/aromatic N) is 2. The van der Waals surface area contributed by atoms with E-state index in [-0.39, 0.29) is 38.2 Å². The van der Waals surface area contributed by atoms with Crippen LogP contribution in [0.3, 0.4) is 0 Å². The van der Waals surface area contributed by atoms with Crippen LogP contribution in [0.1, 0.15) is 43.4 Å². The van der Waals surface area contributed by atoms with Crippen molar-refractivity contribution in [2.75, 3.05) is 20.6 Å². The van der Waals surface area contributed by atoms with E-state index in [0.717, 1.165) is 17.1 Å². The number of sulfone groups is 1. The van der Waals surface area contributed by atoms with E-state index in [1.165, 1.54) is 30.3 Å². The Morgan fingerprint density at radius 3 is 2.59 bits per heavy atom. The second-order valence-corrected chi connectivity index (χ2v) is 10.3. The second kappa shape index (κ2) is 7.43. The van der Waals surface area contributed by atoms with Crippen LogP contribution >= 0.6 is 0 Å². The molecule has 5 rings (SSSR count). The Morgan fingerprint density at radius 2 is 1.81 bits per heavy atom. The molecule has 0 fully saturated rings. The third-order valence-electron chi connectivity index (χ3n) is 5.88. The summed E-state index contributed by atoms with van der Waals surface area (Å²) in [4.78, 5) is 29.6. The van der Waals surface area contributed by atoms with Crippen molar-refractivity contribution in [3.8, 4) is 0 Å². The van der Waals surface area contributed by atoms with E-state index in [1.54, 1.807) is 17.0 Å². The molecule has 0 unspecified atom stereocenters. The molecular weight excluding hydrogens is 428 g/mol. The standard InChI is InChI=1S/C24H22N2O5S/c1-25(2)13-17-11-15-9-10-26(14-20(15)31-17)24(28)16-7-8-19-22(12-16)32(29,30)21-6-4-3-5-18(21)23(19)27/h3-8,11-12H,9-10,13-14H2,1-2H3. The number of hydrogen-bond donors (Lipinski definition) is 0. The molecule has 3 aromatic rings. The highest BCUT2D eigenvalue weighted by atomic mass is 32.2. The molecule has 2 aliphatic heterocycles. The minimum Gasteiger partial charge on any atom is -0.463 e. The van der Waals surface area contributed by atoms with Gasteiger partial charge in [0.1, 0.15) is 11.5 Å². The van der Waals surface area contributed by atoms with Gasteiger partial charge in [-0.1, -0.05) is 12.1 Å². The molecule has 0 bridgehead atoms. The summed E-state index contributed by atoms with van der Waals surface area (Å²) in [6.07, 6.45) is 0.674. The first-order valence-corrected chi connectivity index (χ1v) is 11.8. The lowest BCUT2D eigenvalue weighted by atomic mass is 10.0. The van der Waals surface area contributed by atoms with Gasteiger partial charge in [-0.3, -0.25) is 9.59 Å². The predicted molar refractivity (Wildman–Crippen MR) is 116 cm³/mol. The van der Waals surface area contributed by atoms with Crippen LogP contribution in [0.5, 0.6) is 0 Å². The molecule has 2 aliphatic rings. The maximum atomic E-state index is 13.2. The number of carbonyl (C=O) groups is 2. The predicted octanol–water partition coefficient (Wildman–Crippen LogP) is 2.92. The van der Waals surface area contributed by atoms with E-state index in [4.69, 9.17) is 4.42 Å². The molecule has 32 heavy (non-hydrogen) atoms. The van der Waals surface area contributed by atoms with Gasteiger partial charge < -0.3 is 14.2 Å². The van der Waals surface area contributed by atoms with Gasteiger partial charge >= 0.3 is 0 Å². The van der Waals surface area contributed by atoms with E-state index in [0.29, 0.717) is 26.1 Å². The largest absolute Gasteiger partial charge is 0.463 e. The highest BCUT2D eigenvalue weighted by Crippen LogP contribution is 2.35. The van der Waals surface area contributed by atoms with Gasteiger partial charge in [0.25, 0.3) is 5.91 Å². The average molecular weight is 451 g/mol. The number of ketones is 1. The highest BCUT2D eigenvalue weighted by molar-refractivity contribution is 7.91. The first-order valence-electron chi connectivity index (χ1n) is 10.3. The topological polar surface area (TPSA) is 87.9 Å². The minimum atomic E-state index is -3.89. The van der Waals surface area contributed by atoms with Crippen LogP contribution < -0.4 is 0 Å². The van der Waals surface area contributed by atoms with Crippen LogP contribution in [-0.4, -0.2) is 50.5 Å². The number of fused-ring (bicyclic) bond motifs is 3. The monoisotopic (exact) mass is 450 g/mol. The van der Waals surface area contributed by atoms with Crippen molar-refractivity contribution in [2.24, 2.45) is 0 Å². The zero-order chi connectivity index (χ0) is 22.6. The van der Waals surface area contributed by atoms with E-state index >= 15 is 0 Å². The zero-order valence-corrected chi connectivity index (χ0v) is 18.6. The number of amides is 1. The molecule has 0 N–H and O–H groups in total. The van der Waals surface area contributed by atoms with E-state index in [1.807, 2.05) is 25.1 Å². The molecule has 3 heterocycles. The zero-order valence-electron chi connectivity index (χ0n) is 17.8. The van der Waals surface area contributed by atoms with Crippen molar-refractivity contribution in [1.29, 1.82) is 0 Å². The smallest absolute Gasteiger partial charge is 0.254 e. The third kappa shape index (κ3) is 3.27. The Kier molecular flexibility index (Phi) is 4.79. The summed E-state index contributed by atoms with van der Waals surface area (Å²) in [7, 11) is 0.0332. The van der Waals surface area contributed by atoms with Crippen LogP contribution in [0.15, 0.2) is 62.7 Å². The molecule has 7 nitrogen and oxygen atoms in total. The Balaban J connectivity index is 1.46. The molecule has 0 atom stereocenters. The number of furan rings is 1. The van der Waals surface area contributed by atoms with Crippen molar-refractivity contribution < 1.29 is 22.4 Å². The third-order valence-corrected chi connectivity index (χ3v) is 7.73. The lowest BCUT2D eigenvalue weighted by Gasteiger charge is -2.26. The second-order valence-electron chi connectivity index (χ2n) is 8.42. The van der Waals surface area contributed by atoms with Gasteiger partial charge in [0, 0.05) is 23.2 Å². The molecular formula is C24H22N2O5S. The Labute approximate surface area is 186 Å². The highest BCUT2D eigenvalue weighted by Gasteiger charge is 2.35. The summed E-state index contributed by atoms with van der Waals surface area (Å²) in [6, 6.07) is 12.5. The number of benzene rings is 2. The molecule has 1 amide bonds. The first kappa shape index (κ1) is 20.7. The fourth-order valence-corrected chi connectivity index (χ4v) is 6.02. The Bertz CT molecular complexity index is 1370. The van der Waals surface area contributed by atoms with Crippen molar-refractivity contribution >= 4 is 21.5 Å². The maximum absolute atomic E-state index is 13.2. The fraction of sp³-hybridized carbons (Fsp3) is 0.250. The summed E-state index contributed by atoms with van der Waals surface area (Å²) in [6.45, 7) is 1.52. The quantitative estimate of drug-likeness (QED) is 0.477. The fourth-order valence-electron chi connectivity index (χ4n) is 4.34. The lowest BCUT2D eigenvalue weighted by molar-refractivity contribution is 0.0718. The number of rotatable bonds is 3. The summed E-state index contributed by atoms with van der Waals surface area (Å²) in [5, 5.41) is 0. The molecule has 0 radical (unpaired) electrons. The normalized spacial score (nSPS) is 16.5. The van der Waals surface area contributed by atoms with E-state index in [9.17, 15) is 18.0 Å². The molecule has 0 saturated carbocycles. The van der Waals surface area contributed by atoms with Crippen LogP contribution in [-0.2, 0) is 29.3 Å². The lowest BCUT2D eigenvalue weighted by Crippen LogP contribution is -2.35. The van der Waals surface area contributed by atoms with Gasteiger partial charge in [0.15, 0.2) is 5.78 Å². The van der Waals surface area contributed by atoms with Gasteiger partial charge in [-0.25, -0.2) is 8.42 Å². The van der Waals surface area contributed by atoms with Gasteiger partial charge in [-0.15, -0.1) is 0 Å². The van der Waals surface area contributed by atoms with Gasteiger partial charge in [-0.05, 0) is 62.5 Å². The SMILES string of the molecule is CN(C)Cc1cc2c(o1)CN(C(=O)c1ccc3c(c1)S(=O)(=O)c1ccccc1C3=O)CC2. The molecule has 0 saturated heterocycles. The van der Waals surface area contributed by atoms with E-state index < -0.39 is 9.84 Å². The molecule has 0 spiro atoms. The first-order chi connectivity index (χ1) is 15.3. The summed E-state index contributed by atoms with van der Waals surface area (Å²) in [5.41, 5.74) is 1.60. The van der Waals surface area contributed by atoms with Crippen LogP contribution in [0.25, 0.3) is 0 Å². The van der Waals surface area contributed by atoms with Gasteiger partial charge in [0.2, 0.25) is 9.84 Å². The van der Waals surface area contributed by atoms with Crippen molar-refractivity contribution in [2.45, 2.75) is 29.3 Å². The molecule has 2 aromatic carbocycles. The van der Waals surface area contributed by atoms with E-state index in [2.05, 4.69) is 0 Å². The summed E-state index contributed by atoms with van der Waals surface area (Å²) in [5.74, 6) is 0.976. The molecule has 0 aliphatic carbocycles. The Hall–Kier alpha value is -3.23. The summed E-state index contributed by atoms with van der Waals surface area (Å²) >= 11 is 0. The average Bonchev–Trinajstić information content (AvgIpc) is 3.17. The van der Waals surface area contributed by atoms with Crippen molar-refractivity contribution in [3.05, 3.63) is 82.3 Å². The van der Waals surface area contributed by atoms with Gasteiger partial charge in [-0.2, -0.15) is 0 Å². The minimum absolute atomic E-state index is 0.0197. The maximum Gasteiger partial charge on any atom is 0.254 e. The molecule has 1 aromatic heterocycles. The molecule has 164 valence electrons. The van der Waals surface area contributed by atoms with Gasteiger partial charge in [0.05, 0.1) is 22.9 Å². The Morgan fingerprint density at radius 1 is 1.06 bits per heavy atom. The van der Waals surface area contributed by atoms with Crippen molar-refractivity contribution in [1.82, 2.24) is 9.80 Å². The molecule has 8 heteroatoms. The van der Waals surface area contributed by atoms with Crippen LogP contribution in [0.2, 0.25) is 0 Å². The van der Waals surface area contributed by atoms with Crippen LogP contribution in [0.4, 0.5) is 0 Å². The van der Waals surface area contributed by atoms with Crippen LogP contribution in [0, 0.1) is 0 Å².